The average Bonchev–Trinajstić information content (AvgIpc) is 2.33. The molecule has 0 unspecified atom stereocenters. The maximum absolute atomic E-state index is 12.0. The van der Waals surface area contributed by atoms with E-state index in [0.717, 1.165) is 0 Å². The number of rotatable bonds is 3. The topological polar surface area (TPSA) is 52.0 Å². The van der Waals surface area contributed by atoms with Gasteiger partial charge in [-0.25, -0.2) is 4.98 Å². The van der Waals surface area contributed by atoms with Gasteiger partial charge in [0.2, 0.25) is 5.43 Å². The third-order valence-corrected chi connectivity index (χ3v) is 2.54. The lowest BCUT2D eigenvalue weighted by Crippen LogP contribution is -2.18. The summed E-state index contributed by atoms with van der Waals surface area (Å²) in [7, 11) is 0. The van der Waals surface area contributed by atoms with Gasteiger partial charge in [0.1, 0.15) is 5.65 Å². The van der Waals surface area contributed by atoms with E-state index in [1.807, 2.05) is 0 Å². The first kappa shape index (κ1) is 11.3. The average molecular weight is 228 g/mol. The van der Waals surface area contributed by atoms with Crippen molar-refractivity contribution in [3.63, 3.8) is 0 Å². The van der Waals surface area contributed by atoms with Crippen molar-refractivity contribution in [3.05, 3.63) is 53.0 Å². The number of Topliss-reactive ketones (excluding diaryl/α,β-unsaturated/α-hetero) is 1. The molecule has 0 saturated carbocycles. The largest absolute Gasteiger partial charge is 0.328 e. The van der Waals surface area contributed by atoms with Gasteiger partial charge in [0.05, 0.1) is 10.9 Å². The Morgan fingerprint density at radius 1 is 1.59 bits per heavy atom. The van der Waals surface area contributed by atoms with Gasteiger partial charge < -0.3 is 4.57 Å². The van der Waals surface area contributed by atoms with Crippen LogP contribution in [0.4, 0.5) is 0 Å². The van der Waals surface area contributed by atoms with E-state index in [4.69, 9.17) is 0 Å². The van der Waals surface area contributed by atoms with E-state index in [0.29, 0.717) is 17.6 Å². The lowest BCUT2D eigenvalue weighted by molar-refractivity contribution is 0.101. The molecule has 0 aliphatic heterocycles. The highest BCUT2D eigenvalue weighted by Gasteiger charge is 2.11. The highest BCUT2D eigenvalue weighted by Crippen LogP contribution is 2.09. The first-order valence-corrected chi connectivity index (χ1v) is 5.25. The van der Waals surface area contributed by atoms with Crippen LogP contribution in [-0.4, -0.2) is 15.3 Å². The summed E-state index contributed by atoms with van der Waals surface area (Å²) in [6, 6.07) is 3.36. The molecule has 4 heteroatoms. The van der Waals surface area contributed by atoms with Crippen LogP contribution in [0.15, 0.2) is 42.0 Å². The molecule has 0 spiro atoms. The molecule has 0 amide bonds. The Morgan fingerprint density at radius 3 is 3.00 bits per heavy atom. The number of hydrogen-bond donors (Lipinski definition) is 0. The monoisotopic (exact) mass is 228 g/mol. The fourth-order valence-electron chi connectivity index (χ4n) is 1.75. The predicted molar refractivity (Wildman–Crippen MR) is 66.2 cm³/mol. The number of aromatic nitrogens is 2. The van der Waals surface area contributed by atoms with E-state index in [1.165, 1.54) is 6.92 Å². The molecular weight excluding hydrogens is 216 g/mol. The van der Waals surface area contributed by atoms with Crippen molar-refractivity contribution in [1.29, 1.82) is 0 Å². The molecule has 0 aliphatic carbocycles. The number of hydrogen-bond acceptors (Lipinski definition) is 3. The second kappa shape index (κ2) is 4.33. The molecule has 0 radical (unpaired) electrons. The minimum atomic E-state index is -0.263. The second-order valence-corrected chi connectivity index (χ2v) is 3.74. The van der Waals surface area contributed by atoms with Crippen molar-refractivity contribution in [1.82, 2.24) is 9.55 Å². The van der Waals surface area contributed by atoms with Crippen LogP contribution >= 0.6 is 0 Å². The van der Waals surface area contributed by atoms with Crippen LogP contribution in [0.25, 0.3) is 11.0 Å². The van der Waals surface area contributed by atoms with Crippen molar-refractivity contribution >= 4 is 16.8 Å². The number of nitrogens with zero attached hydrogens (tertiary/aromatic N) is 2. The molecule has 0 N–H and O–H groups in total. The van der Waals surface area contributed by atoms with E-state index in [9.17, 15) is 9.59 Å². The summed E-state index contributed by atoms with van der Waals surface area (Å²) in [5, 5.41) is 0.460. The maximum Gasteiger partial charge on any atom is 0.201 e. The third kappa shape index (κ3) is 1.89. The van der Waals surface area contributed by atoms with Crippen LogP contribution in [-0.2, 0) is 6.54 Å². The highest BCUT2D eigenvalue weighted by atomic mass is 16.1. The minimum Gasteiger partial charge on any atom is -0.328 e. The van der Waals surface area contributed by atoms with Gasteiger partial charge in [-0.15, -0.1) is 6.58 Å². The molecule has 0 fully saturated rings. The van der Waals surface area contributed by atoms with E-state index in [-0.39, 0.29) is 16.8 Å². The SMILES string of the molecule is C=CCn1cc(C(C)=O)c(=O)c2cccnc21. The molecule has 2 rings (SSSR count). The van der Waals surface area contributed by atoms with Crippen molar-refractivity contribution in [3.8, 4) is 0 Å². The van der Waals surface area contributed by atoms with Gasteiger partial charge in [0, 0.05) is 18.9 Å². The number of pyridine rings is 2. The highest BCUT2D eigenvalue weighted by molar-refractivity contribution is 5.96. The van der Waals surface area contributed by atoms with Crippen LogP contribution < -0.4 is 5.43 Å². The van der Waals surface area contributed by atoms with Gasteiger partial charge in [0.25, 0.3) is 0 Å². The van der Waals surface area contributed by atoms with E-state index in [2.05, 4.69) is 11.6 Å². The summed E-state index contributed by atoms with van der Waals surface area (Å²) < 4.78 is 1.75. The van der Waals surface area contributed by atoms with Crippen LogP contribution in [0.3, 0.4) is 0 Å². The summed E-state index contributed by atoms with van der Waals surface area (Å²) in [6.07, 6.45) is 4.86. The van der Waals surface area contributed by atoms with E-state index >= 15 is 0 Å². The molecule has 0 saturated heterocycles. The van der Waals surface area contributed by atoms with Crippen LogP contribution in [0.5, 0.6) is 0 Å². The Bertz CT molecular complexity index is 656. The normalized spacial score (nSPS) is 10.4. The van der Waals surface area contributed by atoms with Gasteiger partial charge in [-0.3, -0.25) is 9.59 Å². The maximum atomic E-state index is 12.0. The fourth-order valence-corrected chi connectivity index (χ4v) is 1.75. The van der Waals surface area contributed by atoms with E-state index < -0.39 is 0 Å². The van der Waals surface area contributed by atoms with Crippen molar-refractivity contribution in [2.75, 3.05) is 0 Å². The standard InChI is InChI=1S/C13H12N2O2/c1-3-7-15-8-11(9(2)16)12(17)10-5-4-6-14-13(10)15/h3-6,8H,1,7H2,2H3. The number of allylic oxidation sites excluding steroid dienone is 1. The fraction of sp³-hybridized carbons (Fsp3) is 0.154. The summed E-state index contributed by atoms with van der Waals surface area (Å²) in [4.78, 5) is 27.6. The lowest BCUT2D eigenvalue weighted by atomic mass is 10.1. The summed E-state index contributed by atoms with van der Waals surface area (Å²) >= 11 is 0. The molecule has 2 heterocycles. The smallest absolute Gasteiger partial charge is 0.201 e. The Balaban J connectivity index is 2.89. The summed E-state index contributed by atoms with van der Waals surface area (Å²) in [5.41, 5.74) is 0.496. The van der Waals surface area contributed by atoms with E-state index in [1.54, 1.807) is 35.2 Å². The predicted octanol–water partition coefficient (Wildman–Crippen LogP) is 1.79. The molecule has 17 heavy (non-hydrogen) atoms. The Kier molecular flexibility index (Phi) is 2.87. The lowest BCUT2D eigenvalue weighted by Gasteiger charge is -2.09. The van der Waals surface area contributed by atoms with Gasteiger partial charge in [-0.1, -0.05) is 6.08 Å². The molecule has 2 aromatic rings. The Morgan fingerprint density at radius 2 is 2.35 bits per heavy atom. The van der Waals surface area contributed by atoms with Gasteiger partial charge in [-0.05, 0) is 19.1 Å². The number of carbonyl (C=O) groups is 1. The number of ketones is 1. The number of carbonyl (C=O) groups excluding carboxylic acids is 1. The number of fused-ring (bicyclic) bond motifs is 1. The van der Waals surface area contributed by atoms with Crippen molar-refractivity contribution in [2.24, 2.45) is 0 Å². The first-order valence-electron chi connectivity index (χ1n) is 5.25. The summed E-state index contributed by atoms with van der Waals surface area (Å²) in [6.45, 7) is 5.54. The minimum absolute atomic E-state index is 0.187. The van der Waals surface area contributed by atoms with Gasteiger partial charge >= 0.3 is 0 Å². The van der Waals surface area contributed by atoms with Gasteiger partial charge in [-0.2, -0.15) is 0 Å². The molecule has 4 nitrogen and oxygen atoms in total. The Hall–Kier alpha value is -2.23. The molecule has 0 aromatic carbocycles. The quantitative estimate of drug-likeness (QED) is 0.594. The van der Waals surface area contributed by atoms with Gasteiger partial charge in [0.15, 0.2) is 5.78 Å². The van der Waals surface area contributed by atoms with Crippen molar-refractivity contribution in [2.45, 2.75) is 13.5 Å². The molecule has 0 atom stereocenters. The summed E-state index contributed by atoms with van der Waals surface area (Å²) in [5.74, 6) is -0.237. The van der Waals surface area contributed by atoms with Crippen LogP contribution in [0.2, 0.25) is 0 Å². The van der Waals surface area contributed by atoms with Crippen LogP contribution in [0, 0.1) is 0 Å². The Labute approximate surface area is 98.2 Å². The van der Waals surface area contributed by atoms with Crippen LogP contribution in [0.1, 0.15) is 17.3 Å². The molecule has 0 aliphatic rings. The zero-order valence-electron chi connectivity index (χ0n) is 9.51. The second-order valence-electron chi connectivity index (χ2n) is 3.74. The zero-order valence-corrected chi connectivity index (χ0v) is 9.51. The molecule has 0 bridgehead atoms. The van der Waals surface area contributed by atoms with Crippen molar-refractivity contribution < 1.29 is 4.79 Å². The molecule has 2 aromatic heterocycles. The first-order chi connectivity index (χ1) is 8.15. The zero-order chi connectivity index (χ0) is 12.4. The molecule has 86 valence electrons. The molecular formula is C13H12N2O2. The third-order valence-electron chi connectivity index (χ3n) is 2.54.